The minimum atomic E-state index is -0.112. The number of aryl methyl sites for hydroxylation is 1. The van der Waals surface area contributed by atoms with Gasteiger partial charge in [-0.05, 0) is 41.8 Å². The Labute approximate surface area is 147 Å². The molecule has 0 atom stereocenters. The first-order chi connectivity index (χ1) is 12.2. The SMILES string of the molecule is COc1cc(C(=O)NCc2ccc(Cn3cccn3)cc2)ccc1C. The van der Waals surface area contributed by atoms with Crippen LogP contribution in [0, 0.1) is 6.92 Å². The fraction of sp³-hybridized carbons (Fsp3) is 0.200. The average Bonchev–Trinajstić information content (AvgIpc) is 3.14. The van der Waals surface area contributed by atoms with Crippen molar-refractivity contribution in [3.8, 4) is 5.75 Å². The van der Waals surface area contributed by atoms with E-state index >= 15 is 0 Å². The van der Waals surface area contributed by atoms with Gasteiger partial charge in [-0.1, -0.05) is 30.3 Å². The molecule has 0 saturated carbocycles. The average molecular weight is 335 g/mol. The molecule has 0 radical (unpaired) electrons. The lowest BCUT2D eigenvalue weighted by molar-refractivity contribution is 0.0950. The number of hydrogen-bond donors (Lipinski definition) is 1. The molecule has 3 aromatic rings. The number of nitrogens with zero attached hydrogens (tertiary/aromatic N) is 2. The van der Waals surface area contributed by atoms with Gasteiger partial charge < -0.3 is 10.1 Å². The molecule has 0 bridgehead atoms. The second-order valence-electron chi connectivity index (χ2n) is 5.89. The van der Waals surface area contributed by atoms with Crippen LogP contribution in [0.1, 0.15) is 27.0 Å². The van der Waals surface area contributed by atoms with Crippen LogP contribution in [0.15, 0.2) is 60.9 Å². The lowest BCUT2D eigenvalue weighted by atomic mass is 10.1. The summed E-state index contributed by atoms with van der Waals surface area (Å²) < 4.78 is 7.14. The fourth-order valence-corrected chi connectivity index (χ4v) is 2.59. The Bertz CT molecular complexity index is 840. The molecule has 128 valence electrons. The third-order valence-electron chi connectivity index (χ3n) is 4.05. The van der Waals surface area contributed by atoms with Crippen LogP contribution in [-0.2, 0) is 13.1 Å². The number of aromatic nitrogens is 2. The van der Waals surface area contributed by atoms with Gasteiger partial charge >= 0.3 is 0 Å². The van der Waals surface area contributed by atoms with Crippen LogP contribution in [-0.4, -0.2) is 22.8 Å². The van der Waals surface area contributed by atoms with Gasteiger partial charge in [0.25, 0.3) is 5.91 Å². The zero-order chi connectivity index (χ0) is 17.6. The number of ether oxygens (including phenoxy) is 1. The molecule has 5 nitrogen and oxygen atoms in total. The third kappa shape index (κ3) is 4.26. The van der Waals surface area contributed by atoms with E-state index in [4.69, 9.17) is 4.74 Å². The highest BCUT2D eigenvalue weighted by Gasteiger charge is 2.08. The van der Waals surface area contributed by atoms with Crippen LogP contribution < -0.4 is 10.1 Å². The Kier molecular flexibility index (Phi) is 5.14. The summed E-state index contributed by atoms with van der Waals surface area (Å²) in [5.74, 6) is 0.606. The van der Waals surface area contributed by atoms with E-state index in [9.17, 15) is 4.79 Å². The first kappa shape index (κ1) is 16.8. The lowest BCUT2D eigenvalue weighted by Gasteiger charge is -2.09. The van der Waals surface area contributed by atoms with Gasteiger partial charge in [-0.3, -0.25) is 9.48 Å². The van der Waals surface area contributed by atoms with Gasteiger partial charge in [0.2, 0.25) is 0 Å². The largest absolute Gasteiger partial charge is 0.496 e. The van der Waals surface area contributed by atoms with E-state index in [1.165, 1.54) is 5.56 Å². The zero-order valence-corrected chi connectivity index (χ0v) is 14.4. The highest BCUT2D eigenvalue weighted by Crippen LogP contribution is 2.19. The minimum Gasteiger partial charge on any atom is -0.496 e. The number of carbonyl (C=O) groups is 1. The molecule has 3 rings (SSSR count). The maximum absolute atomic E-state index is 12.3. The van der Waals surface area contributed by atoms with Gasteiger partial charge in [0.1, 0.15) is 5.75 Å². The van der Waals surface area contributed by atoms with Crippen molar-refractivity contribution < 1.29 is 9.53 Å². The molecule has 0 aliphatic carbocycles. The smallest absolute Gasteiger partial charge is 0.251 e. The van der Waals surface area contributed by atoms with Gasteiger partial charge in [0.05, 0.1) is 13.7 Å². The third-order valence-corrected chi connectivity index (χ3v) is 4.05. The number of carbonyl (C=O) groups excluding carboxylic acids is 1. The molecule has 0 aliphatic rings. The maximum atomic E-state index is 12.3. The predicted molar refractivity (Wildman–Crippen MR) is 96.7 cm³/mol. The predicted octanol–water partition coefficient (Wildman–Crippen LogP) is 3.18. The van der Waals surface area contributed by atoms with E-state index in [2.05, 4.69) is 22.5 Å². The van der Waals surface area contributed by atoms with Gasteiger partial charge in [0, 0.05) is 24.5 Å². The summed E-state index contributed by atoms with van der Waals surface area (Å²) in [5.41, 5.74) is 3.82. The number of benzene rings is 2. The van der Waals surface area contributed by atoms with Crippen molar-refractivity contribution in [2.75, 3.05) is 7.11 Å². The summed E-state index contributed by atoms with van der Waals surface area (Å²) in [7, 11) is 1.61. The van der Waals surface area contributed by atoms with E-state index in [0.29, 0.717) is 12.1 Å². The van der Waals surface area contributed by atoms with Crippen LogP contribution in [0.2, 0.25) is 0 Å². The summed E-state index contributed by atoms with van der Waals surface area (Å²) in [6, 6.07) is 15.5. The minimum absolute atomic E-state index is 0.112. The summed E-state index contributed by atoms with van der Waals surface area (Å²) in [5, 5.41) is 7.14. The first-order valence-corrected chi connectivity index (χ1v) is 8.14. The van der Waals surface area contributed by atoms with E-state index in [1.54, 1.807) is 25.4 Å². The Morgan fingerprint density at radius 2 is 1.92 bits per heavy atom. The molecule has 5 heteroatoms. The van der Waals surface area contributed by atoms with Crippen molar-refractivity contribution in [2.45, 2.75) is 20.0 Å². The Balaban J connectivity index is 1.58. The zero-order valence-electron chi connectivity index (χ0n) is 14.4. The molecule has 1 N–H and O–H groups in total. The molecule has 2 aromatic carbocycles. The van der Waals surface area contributed by atoms with Crippen LogP contribution >= 0.6 is 0 Å². The van der Waals surface area contributed by atoms with Gasteiger partial charge in [-0.25, -0.2) is 0 Å². The van der Waals surface area contributed by atoms with Gasteiger partial charge in [-0.15, -0.1) is 0 Å². The van der Waals surface area contributed by atoms with Crippen molar-refractivity contribution in [1.29, 1.82) is 0 Å². The normalized spacial score (nSPS) is 10.5. The molecular formula is C20H21N3O2. The summed E-state index contributed by atoms with van der Waals surface area (Å²) >= 11 is 0. The van der Waals surface area contributed by atoms with Crippen molar-refractivity contribution in [3.63, 3.8) is 0 Å². The van der Waals surface area contributed by atoms with Crippen LogP contribution in [0.4, 0.5) is 0 Å². The number of methoxy groups -OCH3 is 1. The van der Waals surface area contributed by atoms with E-state index in [-0.39, 0.29) is 5.91 Å². The summed E-state index contributed by atoms with van der Waals surface area (Å²) in [6.07, 6.45) is 3.70. The Hall–Kier alpha value is -3.08. The lowest BCUT2D eigenvalue weighted by Crippen LogP contribution is -2.22. The maximum Gasteiger partial charge on any atom is 0.251 e. The monoisotopic (exact) mass is 335 g/mol. The molecule has 1 aromatic heterocycles. The quantitative estimate of drug-likeness (QED) is 0.753. The Morgan fingerprint density at radius 3 is 2.60 bits per heavy atom. The van der Waals surface area contributed by atoms with Crippen molar-refractivity contribution >= 4 is 5.91 Å². The fourth-order valence-electron chi connectivity index (χ4n) is 2.59. The molecule has 0 fully saturated rings. The van der Waals surface area contributed by atoms with Crippen LogP contribution in [0.3, 0.4) is 0 Å². The molecule has 0 saturated heterocycles. The Morgan fingerprint density at radius 1 is 1.16 bits per heavy atom. The van der Waals surface area contributed by atoms with E-state index < -0.39 is 0 Å². The summed E-state index contributed by atoms with van der Waals surface area (Å²) in [6.45, 7) is 3.17. The topological polar surface area (TPSA) is 56.1 Å². The van der Waals surface area contributed by atoms with Crippen LogP contribution in [0.25, 0.3) is 0 Å². The number of nitrogens with one attached hydrogen (secondary N) is 1. The van der Waals surface area contributed by atoms with Crippen molar-refractivity contribution in [1.82, 2.24) is 15.1 Å². The van der Waals surface area contributed by atoms with Gasteiger partial charge in [-0.2, -0.15) is 5.10 Å². The van der Waals surface area contributed by atoms with Gasteiger partial charge in [0.15, 0.2) is 0 Å². The highest BCUT2D eigenvalue weighted by molar-refractivity contribution is 5.94. The number of hydrogen-bond acceptors (Lipinski definition) is 3. The second kappa shape index (κ2) is 7.66. The van der Waals surface area contributed by atoms with Crippen LogP contribution in [0.5, 0.6) is 5.75 Å². The molecule has 0 unspecified atom stereocenters. The van der Waals surface area contributed by atoms with Crippen molar-refractivity contribution in [2.24, 2.45) is 0 Å². The standard InChI is InChI=1S/C20H21N3O2/c1-15-4-9-18(12-19(15)25-2)20(24)21-13-16-5-7-17(8-6-16)14-23-11-3-10-22-23/h3-12H,13-14H2,1-2H3,(H,21,24). The number of rotatable bonds is 6. The number of amides is 1. The molecule has 1 heterocycles. The highest BCUT2D eigenvalue weighted by atomic mass is 16.5. The molecule has 1 amide bonds. The molecule has 25 heavy (non-hydrogen) atoms. The first-order valence-electron chi connectivity index (χ1n) is 8.14. The molecule has 0 aliphatic heterocycles. The second-order valence-corrected chi connectivity index (χ2v) is 5.89. The van der Waals surface area contributed by atoms with E-state index in [1.807, 2.05) is 42.1 Å². The van der Waals surface area contributed by atoms with Crippen molar-refractivity contribution in [3.05, 3.63) is 83.2 Å². The molecular weight excluding hydrogens is 314 g/mol. The van der Waals surface area contributed by atoms with E-state index in [0.717, 1.165) is 23.4 Å². The molecule has 0 spiro atoms. The summed E-state index contributed by atoms with van der Waals surface area (Å²) in [4.78, 5) is 12.3.